The summed E-state index contributed by atoms with van der Waals surface area (Å²) in [4.78, 5) is 12.3. The van der Waals surface area contributed by atoms with E-state index in [1.165, 1.54) is 0 Å². The number of carbonyl (C=O) groups is 1. The number of benzene rings is 2. The third kappa shape index (κ3) is 4.10. The molecule has 1 amide bonds. The second-order valence-corrected chi connectivity index (χ2v) is 5.65. The van der Waals surface area contributed by atoms with E-state index in [-0.39, 0.29) is 12.5 Å². The van der Waals surface area contributed by atoms with Crippen molar-refractivity contribution >= 4 is 28.9 Å². The maximum absolute atomic E-state index is 12.3. The van der Waals surface area contributed by atoms with E-state index in [0.29, 0.717) is 22.1 Å². The number of carbonyl (C=O) groups excluding carboxylic acids is 1. The first-order chi connectivity index (χ1) is 12.2. The number of ether oxygens (including phenoxy) is 1. The van der Waals surface area contributed by atoms with Crippen LogP contribution in [0, 0.1) is 0 Å². The summed E-state index contributed by atoms with van der Waals surface area (Å²) in [6, 6.07) is 14.4. The molecule has 3 rings (SSSR count). The molecule has 6 nitrogen and oxygen atoms in total. The van der Waals surface area contributed by atoms with Crippen LogP contribution in [0.4, 0.5) is 11.4 Å². The number of nitrogens with one attached hydrogen (secondary N) is 2. The van der Waals surface area contributed by atoms with Crippen LogP contribution in [0.1, 0.15) is 0 Å². The van der Waals surface area contributed by atoms with Crippen molar-refractivity contribution < 1.29 is 9.53 Å². The number of anilines is 2. The Morgan fingerprint density at radius 3 is 2.80 bits per heavy atom. The molecular weight excluding hydrogens is 340 g/mol. The van der Waals surface area contributed by atoms with Crippen molar-refractivity contribution in [1.29, 1.82) is 0 Å². The van der Waals surface area contributed by atoms with Crippen molar-refractivity contribution in [1.82, 2.24) is 9.78 Å². The van der Waals surface area contributed by atoms with E-state index in [1.54, 1.807) is 42.3 Å². The van der Waals surface area contributed by atoms with Crippen LogP contribution in [0.15, 0.2) is 60.9 Å². The topological polar surface area (TPSA) is 68.2 Å². The lowest BCUT2D eigenvalue weighted by atomic mass is 10.2. The highest BCUT2D eigenvalue weighted by Crippen LogP contribution is 2.25. The van der Waals surface area contributed by atoms with Gasteiger partial charge in [0.05, 0.1) is 30.7 Å². The molecule has 0 atom stereocenters. The van der Waals surface area contributed by atoms with Crippen molar-refractivity contribution in [2.45, 2.75) is 0 Å². The highest BCUT2D eigenvalue weighted by Gasteiger charge is 2.10. The summed E-state index contributed by atoms with van der Waals surface area (Å²) in [5, 5.41) is 10.7. The average Bonchev–Trinajstić information content (AvgIpc) is 3.15. The molecule has 0 fully saturated rings. The number of hydrogen-bond acceptors (Lipinski definition) is 4. The Balaban J connectivity index is 1.71. The number of methoxy groups -OCH3 is 1. The quantitative estimate of drug-likeness (QED) is 0.708. The normalized spacial score (nSPS) is 10.3. The van der Waals surface area contributed by atoms with Crippen LogP contribution < -0.4 is 15.4 Å². The van der Waals surface area contributed by atoms with E-state index in [9.17, 15) is 4.79 Å². The molecule has 0 unspecified atom stereocenters. The first-order valence-electron chi connectivity index (χ1n) is 7.63. The van der Waals surface area contributed by atoms with Gasteiger partial charge in [0.2, 0.25) is 5.91 Å². The fourth-order valence-corrected chi connectivity index (χ4v) is 2.55. The maximum Gasteiger partial charge on any atom is 0.243 e. The number of amides is 1. The SMILES string of the molecule is COc1ccccc1NC(=O)CNc1cc(Cl)ccc1-n1cccn1. The third-order valence-electron chi connectivity index (χ3n) is 3.53. The largest absolute Gasteiger partial charge is 0.495 e. The van der Waals surface area contributed by atoms with Gasteiger partial charge in [0, 0.05) is 17.4 Å². The molecular formula is C18H17ClN4O2. The lowest BCUT2D eigenvalue weighted by Crippen LogP contribution is -2.22. The van der Waals surface area contributed by atoms with Gasteiger partial charge in [-0.25, -0.2) is 4.68 Å². The molecule has 1 heterocycles. The first-order valence-corrected chi connectivity index (χ1v) is 8.01. The monoisotopic (exact) mass is 356 g/mol. The highest BCUT2D eigenvalue weighted by atomic mass is 35.5. The van der Waals surface area contributed by atoms with Crippen molar-refractivity contribution in [2.75, 3.05) is 24.3 Å². The average molecular weight is 357 g/mol. The van der Waals surface area contributed by atoms with Crippen LogP contribution in [0.2, 0.25) is 5.02 Å². The summed E-state index contributed by atoms with van der Waals surface area (Å²) >= 11 is 6.08. The first kappa shape index (κ1) is 16.9. The molecule has 0 aliphatic carbocycles. The summed E-state index contributed by atoms with van der Waals surface area (Å²) in [6.45, 7) is 0.0761. The van der Waals surface area contributed by atoms with Gasteiger partial charge in [-0.05, 0) is 36.4 Å². The highest BCUT2D eigenvalue weighted by molar-refractivity contribution is 6.31. The minimum Gasteiger partial charge on any atom is -0.495 e. The Kier molecular flexibility index (Phi) is 5.20. The molecule has 7 heteroatoms. The summed E-state index contributed by atoms with van der Waals surface area (Å²) < 4.78 is 6.93. The number of nitrogens with zero attached hydrogens (tertiary/aromatic N) is 2. The smallest absolute Gasteiger partial charge is 0.243 e. The van der Waals surface area contributed by atoms with E-state index < -0.39 is 0 Å². The van der Waals surface area contributed by atoms with Gasteiger partial charge in [0.1, 0.15) is 5.75 Å². The fourth-order valence-electron chi connectivity index (χ4n) is 2.38. The number of hydrogen-bond donors (Lipinski definition) is 2. The zero-order valence-electron chi connectivity index (χ0n) is 13.6. The van der Waals surface area contributed by atoms with Crippen LogP contribution in [0.5, 0.6) is 5.75 Å². The predicted octanol–water partition coefficient (Wildman–Crippen LogP) is 3.58. The Bertz CT molecular complexity index is 865. The molecule has 0 radical (unpaired) electrons. The zero-order chi connectivity index (χ0) is 17.6. The standard InChI is InChI=1S/C18H17ClN4O2/c1-25-17-6-3-2-5-14(17)22-18(24)12-20-15-11-13(19)7-8-16(15)23-10-4-9-21-23/h2-11,20H,12H2,1H3,(H,22,24). The van der Waals surface area contributed by atoms with Gasteiger partial charge in [-0.15, -0.1) is 0 Å². The number of rotatable bonds is 6. The van der Waals surface area contributed by atoms with E-state index >= 15 is 0 Å². The Morgan fingerprint density at radius 1 is 1.20 bits per heavy atom. The number of halogens is 1. The van der Waals surface area contributed by atoms with Gasteiger partial charge >= 0.3 is 0 Å². The fraction of sp³-hybridized carbons (Fsp3) is 0.111. The second-order valence-electron chi connectivity index (χ2n) is 5.21. The summed E-state index contributed by atoms with van der Waals surface area (Å²) in [5.74, 6) is 0.409. The van der Waals surface area contributed by atoms with Crippen LogP contribution >= 0.6 is 11.6 Å². The van der Waals surface area contributed by atoms with E-state index in [2.05, 4.69) is 15.7 Å². The molecule has 1 aromatic heterocycles. The summed E-state index contributed by atoms with van der Waals surface area (Å²) in [6.07, 6.45) is 3.51. The van der Waals surface area contributed by atoms with Gasteiger partial charge in [0.25, 0.3) is 0 Å². The van der Waals surface area contributed by atoms with Crippen molar-refractivity contribution in [3.8, 4) is 11.4 Å². The Hall–Kier alpha value is -2.99. The molecule has 25 heavy (non-hydrogen) atoms. The minimum absolute atomic E-state index is 0.0761. The van der Waals surface area contributed by atoms with Crippen molar-refractivity contribution in [3.63, 3.8) is 0 Å². The predicted molar refractivity (Wildman–Crippen MR) is 98.7 cm³/mol. The molecule has 2 aromatic carbocycles. The van der Waals surface area contributed by atoms with E-state index in [4.69, 9.17) is 16.3 Å². The van der Waals surface area contributed by atoms with Gasteiger partial charge in [-0.3, -0.25) is 4.79 Å². The molecule has 0 saturated heterocycles. The lowest BCUT2D eigenvalue weighted by Gasteiger charge is -2.14. The van der Waals surface area contributed by atoms with Gasteiger partial charge in [0.15, 0.2) is 0 Å². The van der Waals surface area contributed by atoms with Gasteiger partial charge in [-0.2, -0.15) is 5.10 Å². The Labute approximate surface area is 150 Å². The van der Waals surface area contributed by atoms with Crippen LogP contribution in [-0.4, -0.2) is 29.3 Å². The summed E-state index contributed by atoms with van der Waals surface area (Å²) in [7, 11) is 1.56. The van der Waals surface area contributed by atoms with Crippen molar-refractivity contribution in [2.24, 2.45) is 0 Å². The molecule has 3 aromatic rings. The molecule has 0 aliphatic rings. The zero-order valence-corrected chi connectivity index (χ0v) is 14.3. The van der Waals surface area contributed by atoms with E-state index in [1.807, 2.05) is 30.5 Å². The Morgan fingerprint density at radius 2 is 2.04 bits per heavy atom. The molecule has 0 aliphatic heterocycles. The van der Waals surface area contributed by atoms with Crippen LogP contribution in [0.25, 0.3) is 5.69 Å². The molecule has 0 spiro atoms. The van der Waals surface area contributed by atoms with Crippen LogP contribution in [-0.2, 0) is 4.79 Å². The third-order valence-corrected chi connectivity index (χ3v) is 3.77. The molecule has 128 valence electrons. The van der Waals surface area contributed by atoms with Crippen molar-refractivity contribution in [3.05, 3.63) is 65.9 Å². The second kappa shape index (κ2) is 7.72. The molecule has 2 N–H and O–H groups in total. The van der Waals surface area contributed by atoms with Crippen LogP contribution in [0.3, 0.4) is 0 Å². The molecule has 0 bridgehead atoms. The minimum atomic E-state index is -0.198. The number of aromatic nitrogens is 2. The number of para-hydroxylation sites is 2. The van der Waals surface area contributed by atoms with Gasteiger partial charge in [-0.1, -0.05) is 23.7 Å². The van der Waals surface area contributed by atoms with Gasteiger partial charge < -0.3 is 15.4 Å². The summed E-state index contributed by atoms with van der Waals surface area (Å²) in [5.41, 5.74) is 2.14. The lowest BCUT2D eigenvalue weighted by molar-refractivity contribution is -0.114. The molecule has 0 saturated carbocycles. The van der Waals surface area contributed by atoms with E-state index in [0.717, 1.165) is 5.69 Å². The maximum atomic E-state index is 12.3.